The molecule has 0 radical (unpaired) electrons. The molecule has 0 aliphatic heterocycles. The second-order valence-electron chi connectivity index (χ2n) is 2.92. The Bertz CT molecular complexity index is 296. The molecule has 0 fully saturated rings. The van der Waals surface area contributed by atoms with Crippen molar-refractivity contribution in [3.63, 3.8) is 0 Å². The molecule has 0 N–H and O–H groups in total. The van der Waals surface area contributed by atoms with Crippen molar-refractivity contribution in [3.8, 4) is 0 Å². The fourth-order valence-corrected chi connectivity index (χ4v) is 1.18. The first kappa shape index (κ1) is 10.7. The molecule has 0 saturated heterocycles. The van der Waals surface area contributed by atoms with E-state index in [0.29, 0.717) is 12.4 Å². The van der Waals surface area contributed by atoms with Gasteiger partial charge in [0.2, 0.25) is 0 Å². The third-order valence-corrected chi connectivity index (χ3v) is 1.77. The Morgan fingerprint density at radius 3 is 3.00 bits per heavy atom. The van der Waals surface area contributed by atoms with Crippen LogP contribution in [-0.2, 0) is 22.5 Å². The first-order chi connectivity index (χ1) is 6.77. The molecule has 0 spiro atoms. The Morgan fingerprint density at radius 2 is 2.36 bits per heavy atom. The van der Waals surface area contributed by atoms with E-state index in [4.69, 9.17) is 4.74 Å². The van der Waals surface area contributed by atoms with Crippen LogP contribution in [0.2, 0.25) is 0 Å². The third-order valence-electron chi connectivity index (χ3n) is 1.77. The van der Waals surface area contributed by atoms with Crippen molar-refractivity contribution in [3.05, 3.63) is 12.2 Å². The van der Waals surface area contributed by atoms with Crippen LogP contribution in [0.1, 0.15) is 26.1 Å². The SMILES string of the molecule is CCCn1cnnc1CC(=O)OCC. The third kappa shape index (κ3) is 2.83. The minimum absolute atomic E-state index is 0.202. The summed E-state index contributed by atoms with van der Waals surface area (Å²) in [6, 6.07) is 0. The molecule has 1 aromatic rings. The smallest absolute Gasteiger partial charge is 0.313 e. The maximum Gasteiger partial charge on any atom is 0.313 e. The summed E-state index contributed by atoms with van der Waals surface area (Å²) in [7, 11) is 0. The zero-order valence-electron chi connectivity index (χ0n) is 8.56. The van der Waals surface area contributed by atoms with Gasteiger partial charge < -0.3 is 9.30 Å². The molecule has 0 saturated carbocycles. The molecule has 78 valence electrons. The minimum Gasteiger partial charge on any atom is -0.466 e. The second-order valence-corrected chi connectivity index (χ2v) is 2.92. The molecular weight excluding hydrogens is 182 g/mol. The zero-order valence-corrected chi connectivity index (χ0v) is 8.56. The van der Waals surface area contributed by atoms with Gasteiger partial charge in [-0.05, 0) is 13.3 Å². The van der Waals surface area contributed by atoms with Gasteiger partial charge in [-0.3, -0.25) is 4.79 Å². The van der Waals surface area contributed by atoms with Gasteiger partial charge in [0.15, 0.2) is 0 Å². The number of ether oxygens (including phenoxy) is 1. The molecule has 5 heteroatoms. The van der Waals surface area contributed by atoms with Gasteiger partial charge in [0.05, 0.1) is 6.61 Å². The Hall–Kier alpha value is -1.39. The van der Waals surface area contributed by atoms with Crippen LogP contribution in [0.5, 0.6) is 0 Å². The van der Waals surface area contributed by atoms with Gasteiger partial charge in [-0.1, -0.05) is 6.92 Å². The first-order valence-electron chi connectivity index (χ1n) is 4.80. The van der Waals surface area contributed by atoms with Gasteiger partial charge in [-0.15, -0.1) is 10.2 Å². The summed E-state index contributed by atoms with van der Waals surface area (Å²) in [5, 5.41) is 7.63. The molecule has 0 aromatic carbocycles. The molecular formula is C9H15N3O2. The number of hydrogen-bond acceptors (Lipinski definition) is 4. The van der Waals surface area contributed by atoms with Gasteiger partial charge in [-0.2, -0.15) is 0 Å². The van der Waals surface area contributed by atoms with E-state index in [1.54, 1.807) is 13.3 Å². The summed E-state index contributed by atoms with van der Waals surface area (Å²) < 4.78 is 6.70. The van der Waals surface area contributed by atoms with Gasteiger partial charge in [0, 0.05) is 6.54 Å². The Kier molecular flexibility index (Phi) is 4.10. The predicted octanol–water partition coefficient (Wildman–Crippen LogP) is 0.794. The van der Waals surface area contributed by atoms with Crippen molar-refractivity contribution in [1.82, 2.24) is 14.8 Å². The lowest BCUT2D eigenvalue weighted by Gasteiger charge is -2.03. The Balaban J connectivity index is 2.56. The van der Waals surface area contributed by atoms with Gasteiger partial charge in [-0.25, -0.2) is 0 Å². The number of carbonyl (C=O) groups is 1. The predicted molar refractivity (Wildman–Crippen MR) is 50.7 cm³/mol. The average molecular weight is 197 g/mol. The number of rotatable bonds is 5. The summed E-state index contributed by atoms with van der Waals surface area (Å²) in [4.78, 5) is 11.2. The number of carbonyl (C=O) groups excluding carboxylic acids is 1. The van der Waals surface area contributed by atoms with E-state index >= 15 is 0 Å². The van der Waals surface area contributed by atoms with Crippen LogP contribution < -0.4 is 0 Å². The summed E-state index contributed by atoms with van der Waals surface area (Å²) >= 11 is 0. The van der Waals surface area contributed by atoms with Gasteiger partial charge >= 0.3 is 5.97 Å². The van der Waals surface area contributed by atoms with Crippen molar-refractivity contribution < 1.29 is 9.53 Å². The number of nitrogens with zero attached hydrogens (tertiary/aromatic N) is 3. The Morgan fingerprint density at radius 1 is 1.57 bits per heavy atom. The summed E-state index contributed by atoms with van der Waals surface area (Å²) in [6.45, 7) is 5.09. The zero-order chi connectivity index (χ0) is 10.4. The van der Waals surface area contributed by atoms with E-state index in [1.165, 1.54) is 0 Å². The van der Waals surface area contributed by atoms with E-state index in [1.807, 2.05) is 4.57 Å². The average Bonchev–Trinajstić information content (AvgIpc) is 2.54. The van der Waals surface area contributed by atoms with Crippen molar-refractivity contribution in [2.24, 2.45) is 0 Å². The number of aromatic nitrogens is 3. The van der Waals surface area contributed by atoms with Crippen LogP contribution in [-0.4, -0.2) is 27.3 Å². The number of hydrogen-bond donors (Lipinski definition) is 0. The molecule has 14 heavy (non-hydrogen) atoms. The molecule has 0 atom stereocenters. The molecule has 0 amide bonds. The topological polar surface area (TPSA) is 57.0 Å². The van der Waals surface area contributed by atoms with E-state index in [0.717, 1.165) is 13.0 Å². The van der Waals surface area contributed by atoms with Gasteiger partial charge in [0.25, 0.3) is 0 Å². The molecule has 5 nitrogen and oxygen atoms in total. The lowest BCUT2D eigenvalue weighted by molar-refractivity contribution is -0.142. The van der Waals surface area contributed by atoms with Crippen LogP contribution in [0.25, 0.3) is 0 Å². The number of aryl methyl sites for hydroxylation is 1. The van der Waals surface area contributed by atoms with E-state index in [2.05, 4.69) is 17.1 Å². The highest BCUT2D eigenvalue weighted by Gasteiger charge is 2.09. The molecule has 0 unspecified atom stereocenters. The minimum atomic E-state index is -0.252. The molecule has 1 aromatic heterocycles. The lowest BCUT2D eigenvalue weighted by atomic mass is 10.4. The van der Waals surface area contributed by atoms with Crippen LogP contribution >= 0.6 is 0 Å². The van der Waals surface area contributed by atoms with Crippen molar-refractivity contribution in [2.75, 3.05) is 6.61 Å². The van der Waals surface area contributed by atoms with Crippen molar-refractivity contribution in [2.45, 2.75) is 33.2 Å². The largest absolute Gasteiger partial charge is 0.466 e. The van der Waals surface area contributed by atoms with Crippen molar-refractivity contribution in [1.29, 1.82) is 0 Å². The van der Waals surface area contributed by atoms with Gasteiger partial charge in [0.1, 0.15) is 18.6 Å². The highest BCUT2D eigenvalue weighted by atomic mass is 16.5. The molecule has 0 aliphatic rings. The highest BCUT2D eigenvalue weighted by molar-refractivity contribution is 5.71. The highest BCUT2D eigenvalue weighted by Crippen LogP contribution is 1.99. The number of esters is 1. The Labute approximate surface area is 83.1 Å². The molecule has 1 rings (SSSR count). The molecule has 0 bridgehead atoms. The van der Waals surface area contributed by atoms with E-state index < -0.39 is 0 Å². The summed E-state index contributed by atoms with van der Waals surface area (Å²) in [5.74, 6) is 0.420. The molecule has 1 heterocycles. The first-order valence-corrected chi connectivity index (χ1v) is 4.80. The standard InChI is InChI=1S/C9H15N3O2/c1-3-5-12-7-10-11-8(12)6-9(13)14-4-2/h7H,3-6H2,1-2H3. The fraction of sp³-hybridized carbons (Fsp3) is 0.667. The monoisotopic (exact) mass is 197 g/mol. The van der Waals surface area contributed by atoms with E-state index in [-0.39, 0.29) is 12.4 Å². The van der Waals surface area contributed by atoms with Crippen LogP contribution in [0.15, 0.2) is 6.33 Å². The van der Waals surface area contributed by atoms with Crippen molar-refractivity contribution >= 4 is 5.97 Å². The lowest BCUT2D eigenvalue weighted by Crippen LogP contribution is -2.12. The normalized spacial score (nSPS) is 10.1. The second kappa shape index (κ2) is 5.36. The quantitative estimate of drug-likeness (QED) is 0.655. The van der Waals surface area contributed by atoms with Crippen LogP contribution in [0.3, 0.4) is 0 Å². The fourth-order valence-electron chi connectivity index (χ4n) is 1.18. The maximum absolute atomic E-state index is 11.2. The van der Waals surface area contributed by atoms with E-state index in [9.17, 15) is 4.79 Å². The molecule has 0 aliphatic carbocycles. The summed E-state index contributed by atoms with van der Waals surface area (Å²) in [6.07, 6.45) is 2.83. The van der Waals surface area contributed by atoms with Crippen LogP contribution in [0, 0.1) is 0 Å². The maximum atomic E-state index is 11.2. The summed E-state index contributed by atoms with van der Waals surface area (Å²) in [5.41, 5.74) is 0. The van der Waals surface area contributed by atoms with Crippen LogP contribution in [0.4, 0.5) is 0 Å².